The zero-order valence-electron chi connectivity index (χ0n) is 32.7. The van der Waals surface area contributed by atoms with Crippen LogP contribution in [-0.4, -0.2) is 0 Å². The van der Waals surface area contributed by atoms with Gasteiger partial charge in [-0.25, -0.2) is 0 Å². The molecule has 0 spiro atoms. The van der Waals surface area contributed by atoms with E-state index >= 15 is 0 Å². The van der Waals surface area contributed by atoms with Gasteiger partial charge in [0.05, 0.1) is 0 Å². The van der Waals surface area contributed by atoms with Crippen molar-refractivity contribution in [2.24, 2.45) is 0 Å². The highest BCUT2D eigenvalue weighted by Crippen LogP contribution is 2.41. The number of fused-ring (bicyclic) bond motifs is 8. The summed E-state index contributed by atoms with van der Waals surface area (Å²) in [5, 5.41) is 10.4. The molecule has 1 heteroatoms. The van der Waals surface area contributed by atoms with Crippen LogP contribution in [0.15, 0.2) is 206 Å². The van der Waals surface area contributed by atoms with Gasteiger partial charge in [-0.05, 0) is 143 Å². The number of allylic oxidation sites excluding steroid dienone is 1. The van der Waals surface area contributed by atoms with Gasteiger partial charge in [-0.2, -0.15) is 0 Å². The van der Waals surface area contributed by atoms with Crippen LogP contribution in [0, 0.1) is 0 Å². The molecular weight excluding hydrogens is 711 g/mol. The van der Waals surface area contributed by atoms with Gasteiger partial charge in [-0.15, -0.1) is 0 Å². The molecule has 11 rings (SSSR count). The molecule has 0 atom stereocenters. The molecule has 0 radical (unpaired) electrons. The van der Waals surface area contributed by atoms with Gasteiger partial charge in [-0.3, -0.25) is 0 Å². The van der Waals surface area contributed by atoms with Crippen LogP contribution >= 0.6 is 0 Å². The van der Waals surface area contributed by atoms with Gasteiger partial charge in [0.1, 0.15) is 0 Å². The lowest BCUT2D eigenvalue weighted by molar-refractivity contribution is 0.998. The zero-order valence-corrected chi connectivity index (χ0v) is 32.7. The number of hydrogen-bond donors (Lipinski definition) is 0. The van der Waals surface area contributed by atoms with Gasteiger partial charge in [0.15, 0.2) is 0 Å². The van der Waals surface area contributed by atoms with Crippen LogP contribution in [0.1, 0.15) is 28.7 Å². The number of hydrogen-bond acceptors (Lipinski definition) is 1. The molecule has 59 heavy (non-hydrogen) atoms. The summed E-state index contributed by atoms with van der Waals surface area (Å²) < 4.78 is 0. The molecule has 10 aromatic carbocycles. The SMILES string of the molecule is C1=Cc2ccc3ccc4cccc(C=Cc5ccc(N(c6ccc(-c7cc8ccccc8c8ccccc78)cc6)c6cccc(-c7ccccc7)c6)cc5)c4c3c2CC1. The number of rotatable bonds is 7. The summed E-state index contributed by atoms with van der Waals surface area (Å²) in [4.78, 5) is 2.37. The molecular formula is C58H41N. The summed E-state index contributed by atoms with van der Waals surface area (Å²) in [6.07, 6.45) is 11.3. The zero-order chi connectivity index (χ0) is 39.1. The predicted octanol–water partition coefficient (Wildman–Crippen LogP) is 16.2. The summed E-state index contributed by atoms with van der Waals surface area (Å²) in [6, 6.07) is 73.2. The summed E-state index contributed by atoms with van der Waals surface area (Å²) >= 11 is 0. The Labute approximate surface area is 345 Å². The molecule has 278 valence electrons. The van der Waals surface area contributed by atoms with Crippen LogP contribution in [0.25, 0.3) is 83.6 Å². The third-order valence-electron chi connectivity index (χ3n) is 12.1. The van der Waals surface area contributed by atoms with Crippen molar-refractivity contribution in [3.05, 3.63) is 229 Å². The first-order valence-corrected chi connectivity index (χ1v) is 20.6. The molecule has 0 aromatic heterocycles. The Hall–Kier alpha value is -7.48. The van der Waals surface area contributed by atoms with Crippen molar-refractivity contribution in [2.75, 3.05) is 4.90 Å². The largest absolute Gasteiger partial charge is 0.310 e. The van der Waals surface area contributed by atoms with Crippen molar-refractivity contribution < 1.29 is 0 Å². The highest BCUT2D eigenvalue weighted by atomic mass is 15.1. The first-order chi connectivity index (χ1) is 29.2. The number of anilines is 3. The van der Waals surface area contributed by atoms with Gasteiger partial charge >= 0.3 is 0 Å². The summed E-state index contributed by atoms with van der Waals surface area (Å²) in [5.74, 6) is 0. The van der Waals surface area contributed by atoms with Gasteiger partial charge in [0.25, 0.3) is 0 Å². The van der Waals surface area contributed by atoms with Crippen molar-refractivity contribution in [2.45, 2.75) is 12.8 Å². The van der Waals surface area contributed by atoms with Crippen LogP contribution in [0.4, 0.5) is 17.1 Å². The van der Waals surface area contributed by atoms with E-state index in [0.29, 0.717) is 0 Å². The number of benzene rings is 10. The molecule has 0 unspecified atom stereocenters. The lowest BCUT2D eigenvalue weighted by Gasteiger charge is -2.26. The first-order valence-electron chi connectivity index (χ1n) is 20.6. The van der Waals surface area contributed by atoms with Crippen molar-refractivity contribution in [3.63, 3.8) is 0 Å². The van der Waals surface area contributed by atoms with Gasteiger partial charge in [-0.1, -0.05) is 182 Å². The Kier molecular flexibility index (Phi) is 8.71. The summed E-state index contributed by atoms with van der Waals surface area (Å²) in [7, 11) is 0. The second-order valence-electron chi connectivity index (χ2n) is 15.6. The molecule has 0 amide bonds. The van der Waals surface area contributed by atoms with E-state index in [2.05, 4.69) is 229 Å². The van der Waals surface area contributed by atoms with Crippen molar-refractivity contribution >= 4 is 78.4 Å². The molecule has 0 aliphatic heterocycles. The van der Waals surface area contributed by atoms with E-state index in [9.17, 15) is 0 Å². The maximum absolute atomic E-state index is 2.37. The summed E-state index contributed by atoms with van der Waals surface area (Å²) in [6.45, 7) is 0. The molecule has 1 aliphatic rings. The molecule has 0 saturated heterocycles. The average Bonchev–Trinajstić information content (AvgIpc) is 3.31. The minimum Gasteiger partial charge on any atom is -0.310 e. The Morgan fingerprint density at radius 2 is 1.07 bits per heavy atom. The van der Waals surface area contributed by atoms with Crippen LogP contribution < -0.4 is 4.90 Å². The average molecular weight is 752 g/mol. The summed E-state index contributed by atoms with van der Waals surface area (Å²) in [5.41, 5.74) is 13.4. The van der Waals surface area contributed by atoms with Gasteiger partial charge in [0, 0.05) is 17.1 Å². The first kappa shape index (κ1) is 34.7. The Balaban J connectivity index is 0.980. The molecule has 0 fully saturated rings. The minimum absolute atomic E-state index is 1.08. The maximum Gasteiger partial charge on any atom is 0.0467 e. The van der Waals surface area contributed by atoms with E-state index in [1.54, 1.807) is 0 Å². The van der Waals surface area contributed by atoms with E-state index in [1.807, 2.05) is 0 Å². The van der Waals surface area contributed by atoms with E-state index in [1.165, 1.54) is 82.0 Å². The lowest BCUT2D eigenvalue weighted by Crippen LogP contribution is -2.10. The lowest BCUT2D eigenvalue weighted by atomic mass is 9.87. The standard InChI is InChI=1S/C58H41N/c1-2-12-41(13-3-1)47-18-11-19-51(38-47)59(50-36-32-43(33-37-50)56-39-48-15-5-6-20-52(48)54-22-8-9-23-55(54)56)49-34-25-40(26-35-49)24-27-44-16-10-17-45-30-31-46-29-28-42-14-4-7-21-53(42)58(46)57(44)45/h1-6,8-20,22-39H,7,21H2. The van der Waals surface area contributed by atoms with E-state index < -0.39 is 0 Å². The third-order valence-corrected chi connectivity index (χ3v) is 12.1. The van der Waals surface area contributed by atoms with E-state index in [-0.39, 0.29) is 0 Å². The predicted molar refractivity (Wildman–Crippen MR) is 255 cm³/mol. The number of aryl methyl sites for hydroxylation is 1. The fraction of sp³-hybridized carbons (Fsp3) is 0.0345. The van der Waals surface area contributed by atoms with E-state index in [0.717, 1.165) is 35.5 Å². The highest BCUT2D eigenvalue weighted by molar-refractivity contribution is 6.15. The maximum atomic E-state index is 2.37. The molecule has 0 heterocycles. The molecule has 1 nitrogen and oxygen atoms in total. The van der Waals surface area contributed by atoms with Crippen molar-refractivity contribution in [1.82, 2.24) is 0 Å². The highest BCUT2D eigenvalue weighted by Gasteiger charge is 2.16. The molecule has 1 aliphatic carbocycles. The van der Waals surface area contributed by atoms with Crippen LogP contribution in [-0.2, 0) is 6.42 Å². The number of nitrogens with zero attached hydrogens (tertiary/aromatic N) is 1. The smallest absolute Gasteiger partial charge is 0.0467 e. The molecule has 0 N–H and O–H groups in total. The Bertz CT molecular complexity index is 3240. The van der Waals surface area contributed by atoms with E-state index in [4.69, 9.17) is 0 Å². The van der Waals surface area contributed by atoms with Crippen LogP contribution in [0.3, 0.4) is 0 Å². The third kappa shape index (κ3) is 6.38. The Morgan fingerprint density at radius 3 is 1.90 bits per heavy atom. The fourth-order valence-electron chi connectivity index (χ4n) is 9.22. The quantitative estimate of drug-likeness (QED) is 0.116. The van der Waals surface area contributed by atoms with Crippen molar-refractivity contribution in [1.29, 1.82) is 0 Å². The molecule has 0 bridgehead atoms. The van der Waals surface area contributed by atoms with Crippen molar-refractivity contribution in [3.8, 4) is 22.3 Å². The molecule has 0 saturated carbocycles. The van der Waals surface area contributed by atoms with Gasteiger partial charge in [0.2, 0.25) is 0 Å². The molecule has 10 aromatic rings. The second kappa shape index (κ2) is 14.8. The minimum atomic E-state index is 1.08. The topological polar surface area (TPSA) is 3.24 Å². The van der Waals surface area contributed by atoms with Crippen LogP contribution in [0.2, 0.25) is 0 Å². The van der Waals surface area contributed by atoms with Gasteiger partial charge < -0.3 is 4.90 Å². The van der Waals surface area contributed by atoms with Crippen LogP contribution in [0.5, 0.6) is 0 Å². The fourth-order valence-corrected chi connectivity index (χ4v) is 9.22. The normalized spacial score (nSPS) is 12.5. The second-order valence-corrected chi connectivity index (χ2v) is 15.6. The monoisotopic (exact) mass is 751 g/mol. The Morgan fingerprint density at radius 1 is 0.407 bits per heavy atom.